The summed E-state index contributed by atoms with van der Waals surface area (Å²) in [6, 6.07) is 60.4. The summed E-state index contributed by atoms with van der Waals surface area (Å²) in [5.74, 6) is 5.96. The second kappa shape index (κ2) is 54.6. The summed E-state index contributed by atoms with van der Waals surface area (Å²) in [4.78, 5) is 0. The normalized spacial score (nSPS) is 13.6. The molecule has 8 aromatic rings. The van der Waals surface area contributed by atoms with Crippen LogP contribution in [0.15, 0.2) is 245 Å². The standard InChI is InChI=1S/4C25H35NO4S/c4*1-6-8-20(3)25(9-7-2)31(27,28)26(18-21-10-14-23(29-4)15-11-21)19-22-12-16-24(30-5)17-13-22/h4*6,10-17,20,25H,1,7-9,18-19H2,2-5H3/t2*20-,25+;2*20-,25-/m1010/s1. The summed E-state index contributed by atoms with van der Waals surface area (Å²) in [5, 5.41) is -1.81. The molecule has 0 radical (unpaired) electrons. The van der Waals surface area contributed by atoms with Gasteiger partial charge in [0.2, 0.25) is 40.1 Å². The minimum absolute atomic E-state index is 0.00307. The van der Waals surface area contributed by atoms with Crippen molar-refractivity contribution < 1.29 is 71.6 Å². The second-order valence-electron chi connectivity index (χ2n) is 31.4. The molecule has 0 fully saturated rings. The predicted molar refractivity (Wildman–Crippen MR) is 507 cm³/mol. The number of ether oxygens (including phenoxy) is 8. The monoisotopic (exact) mass is 1780 g/mol. The highest BCUT2D eigenvalue weighted by molar-refractivity contribution is 7.90. The maximum absolute atomic E-state index is 13.8. The molecule has 0 bridgehead atoms. The van der Waals surface area contributed by atoms with Crippen molar-refractivity contribution in [3.63, 3.8) is 0 Å². The molecule has 0 spiro atoms. The minimum Gasteiger partial charge on any atom is -0.497 e. The van der Waals surface area contributed by atoms with Gasteiger partial charge >= 0.3 is 0 Å². The molecular weight excluding hydrogens is 1640 g/mol. The molecule has 0 N–H and O–H groups in total. The van der Waals surface area contributed by atoms with E-state index in [1.54, 1.807) is 98.4 Å². The van der Waals surface area contributed by atoms with Crippen molar-refractivity contribution in [2.45, 2.75) is 206 Å². The Morgan fingerprint density at radius 1 is 0.234 bits per heavy atom. The number of allylic oxidation sites excluding steroid dienone is 4. The fourth-order valence-electron chi connectivity index (χ4n) is 14.9. The number of rotatable bonds is 52. The van der Waals surface area contributed by atoms with Gasteiger partial charge in [0.25, 0.3) is 0 Å². The summed E-state index contributed by atoms with van der Waals surface area (Å²) >= 11 is 0. The zero-order chi connectivity index (χ0) is 91.4. The molecule has 0 aliphatic carbocycles. The number of sulfonamides is 4. The summed E-state index contributed by atoms with van der Waals surface area (Å²) in [7, 11) is -1.27. The molecule has 8 rings (SSSR count). The van der Waals surface area contributed by atoms with Gasteiger partial charge in [0.15, 0.2) is 0 Å². The Morgan fingerprint density at radius 2 is 0.347 bits per heavy atom. The van der Waals surface area contributed by atoms with E-state index >= 15 is 0 Å². The molecule has 0 saturated heterocycles. The number of hydrogen-bond acceptors (Lipinski definition) is 16. The van der Waals surface area contributed by atoms with Crippen LogP contribution in [0.5, 0.6) is 46.0 Å². The smallest absolute Gasteiger partial charge is 0.217 e. The Hall–Kier alpha value is -9.24. The predicted octanol–water partition coefficient (Wildman–Crippen LogP) is 21.7. The van der Waals surface area contributed by atoms with Crippen molar-refractivity contribution in [3.05, 3.63) is 289 Å². The number of benzene rings is 8. The summed E-state index contributed by atoms with van der Waals surface area (Å²) in [5.41, 5.74) is 7.37. The second-order valence-corrected chi connectivity index (χ2v) is 40.0. The largest absolute Gasteiger partial charge is 0.497 e. The Morgan fingerprint density at radius 3 is 0.435 bits per heavy atom. The minimum atomic E-state index is -3.55. The van der Waals surface area contributed by atoms with Gasteiger partial charge in [-0.3, -0.25) is 0 Å². The SMILES string of the molecule is C=CC[C@@H](C)[C@@H](CCC)S(=O)(=O)N(Cc1ccc(OC)cc1)Cc1ccc(OC)cc1.C=CC[C@@H](C)[C@H](CCC)S(=O)(=O)N(Cc1ccc(OC)cc1)Cc1ccc(OC)cc1.C=CC[C@H](C)[C@@H](CCC)S(=O)(=O)N(Cc1ccc(OC)cc1)Cc1ccc(OC)cc1.C=CC[C@H](C)[C@H](CCC)S(=O)(=O)N(Cc1ccc(OC)cc1)Cc1ccc(OC)cc1. The van der Waals surface area contributed by atoms with Crippen LogP contribution in [-0.4, -0.2) is 129 Å². The van der Waals surface area contributed by atoms with Crippen molar-refractivity contribution in [1.29, 1.82) is 0 Å². The van der Waals surface area contributed by atoms with Gasteiger partial charge in [-0.2, -0.15) is 17.2 Å². The van der Waals surface area contributed by atoms with Crippen LogP contribution in [0.3, 0.4) is 0 Å². The third kappa shape index (κ3) is 32.9. The quantitative estimate of drug-likeness (QED) is 0.0323. The average Bonchev–Trinajstić information content (AvgIpc) is 0.813. The highest BCUT2D eigenvalue weighted by atomic mass is 32.2. The van der Waals surface area contributed by atoms with Gasteiger partial charge in [0, 0.05) is 52.4 Å². The molecule has 0 aromatic heterocycles. The number of nitrogens with zero attached hydrogens (tertiary/aromatic N) is 4. The Labute approximate surface area is 745 Å². The van der Waals surface area contributed by atoms with Crippen molar-refractivity contribution in [1.82, 2.24) is 17.2 Å². The van der Waals surface area contributed by atoms with Gasteiger partial charge in [0.1, 0.15) is 46.0 Å². The van der Waals surface area contributed by atoms with Gasteiger partial charge in [0.05, 0.1) is 77.9 Å². The third-order valence-corrected chi connectivity index (χ3v) is 31.9. The molecular formula is C100H140N4O16S4. The first-order chi connectivity index (χ1) is 59.4. The van der Waals surface area contributed by atoms with E-state index in [0.29, 0.717) is 104 Å². The lowest BCUT2D eigenvalue weighted by Crippen LogP contribution is -2.41. The zero-order valence-corrected chi connectivity index (χ0v) is 79.6. The van der Waals surface area contributed by atoms with E-state index in [-0.39, 0.29) is 23.7 Å². The molecule has 8 aromatic carbocycles. The summed E-state index contributed by atoms with van der Waals surface area (Å²) < 4.78 is 159. The van der Waals surface area contributed by atoms with Gasteiger partial charge in [-0.05, 0) is 217 Å². The van der Waals surface area contributed by atoms with Crippen molar-refractivity contribution in [2.75, 3.05) is 56.9 Å². The molecule has 0 unspecified atom stereocenters. The first kappa shape index (κ1) is 105. The van der Waals surface area contributed by atoms with Crippen LogP contribution in [0, 0.1) is 23.7 Å². The molecule has 0 saturated carbocycles. The van der Waals surface area contributed by atoms with Gasteiger partial charge in [-0.1, -0.05) is 202 Å². The topological polar surface area (TPSA) is 223 Å². The maximum atomic E-state index is 13.8. The lowest BCUT2D eigenvalue weighted by molar-refractivity contribution is 0.372. The highest BCUT2D eigenvalue weighted by Crippen LogP contribution is 2.35. The van der Waals surface area contributed by atoms with Crippen LogP contribution in [0.4, 0.5) is 0 Å². The van der Waals surface area contributed by atoms with E-state index in [1.807, 2.05) is 250 Å². The maximum Gasteiger partial charge on any atom is 0.217 e. The van der Waals surface area contributed by atoms with Gasteiger partial charge < -0.3 is 37.9 Å². The zero-order valence-electron chi connectivity index (χ0n) is 76.3. The molecule has 0 heterocycles. The number of hydrogen-bond donors (Lipinski definition) is 0. The van der Waals surface area contributed by atoms with Crippen molar-refractivity contribution >= 4 is 40.1 Å². The Balaban J connectivity index is 0.000000294. The summed E-state index contributed by atoms with van der Waals surface area (Å²) in [6.45, 7) is 33.8. The van der Waals surface area contributed by atoms with Crippen LogP contribution < -0.4 is 37.9 Å². The lowest BCUT2D eigenvalue weighted by Gasteiger charge is -2.31. The van der Waals surface area contributed by atoms with E-state index in [9.17, 15) is 33.7 Å². The first-order valence-corrected chi connectivity index (χ1v) is 48.9. The van der Waals surface area contributed by atoms with Crippen LogP contribution >= 0.6 is 0 Å². The van der Waals surface area contributed by atoms with E-state index < -0.39 is 61.1 Å². The third-order valence-electron chi connectivity index (χ3n) is 22.1. The molecule has 0 aliphatic rings. The Kier molecular flexibility index (Phi) is 46.4. The van der Waals surface area contributed by atoms with E-state index in [4.69, 9.17) is 37.9 Å². The molecule has 24 heteroatoms. The molecule has 0 amide bonds. The molecule has 0 aliphatic heterocycles. The van der Waals surface area contributed by atoms with Crippen LogP contribution in [0.1, 0.15) is 177 Å². The lowest BCUT2D eigenvalue weighted by atomic mass is 10.0. The van der Waals surface area contributed by atoms with E-state index in [0.717, 1.165) is 116 Å². The molecule has 680 valence electrons. The van der Waals surface area contributed by atoms with Gasteiger partial charge in [-0.25, -0.2) is 33.7 Å². The van der Waals surface area contributed by atoms with Crippen LogP contribution in [0.2, 0.25) is 0 Å². The van der Waals surface area contributed by atoms with E-state index in [1.165, 1.54) is 0 Å². The fourth-order valence-corrected chi connectivity index (χ4v) is 24.0. The van der Waals surface area contributed by atoms with Crippen molar-refractivity contribution in [3.8, 4) is 46.0 Å². The Bertz CT molecular complexity index is 4050. The highest BCUT2D eigenvalue weighted by Gasteiger charge is 2.40. The van der Waals surface area contributed by atoms with Crippen molar-refractivity contribution in [2.24, 2.45) is 23.7 Å². The molecule has 20 nitrogen and oxygen atoms in total. The average molecular weight is 1780 g/mol. The first-order valence-electron chi connectivity index (χ1n) is 42.8. The fraction of sp³-hybridized carbons (Fsp3) is 0.440. The summed E-state index contributed by atoms with van der Waals surface area (Å²) in [6.07, 6.45) is 15.6. The van der Waals surface area contributed by atoms with E-state index in [2.05, 4.69) is 26.3 Å². The van der Waals surface area contributed by atoms with Crippen LogP contribution in [0.25, 0.3) is 0 Å². The molecule has 8 atom stereocenters. The molecule has 124 heavy (non-hydrogen) atoms. The van der Waals surface area contributed by atoms with Gasteiger partial charge in [-0.15, -0.1) is 26.3 Å². The number of methoxy groups -OCH3 is 8. The van der Waals surface area contributed by atoms with Crippen LogP contribution in [-0.2, 0) is 92.5 Å².